The van der Waals surface area contributed by atoms with Crippen LogP contribution in [-0.2, 0) is 36.8 Å². The van der Waals surface area contributed by atoms with Gasteiger partial charge in [-0.2, -0.15) is 0 Å². The third-order valence-electron chi connectivity index (χ3n) is 8.84. The summed E-state index contributed by atoms with van der Waals surface area (Å²) in [7, 11) is 1.37. The Balaban J connectivity index is 1.49. The number of aliphatic carboxylic acids is 1. The highest BCUT2D eigenvalue weighted by Gasteiger charge is 2.36. The molecule has 1 aromatic heterocycles. The lowest BCUT2D eigenvalue weighted by atomic mass is 10.0. The fourth-order valence-corrected chi connectivity index (χ4v) is 5.70. The monoisotopic (exact) mass is 764 g/mol. The number of aliphatic hydroxyl groups excluding tert-OH is 1. The number of nitrogens with two attached hydrogens (primary N) is 1. The van der Waals surface area contributed by atoms with Gasteiger partial charge in [0.05, 0.1) is 12.1 Å². The first kappa shape index (κ1) is 41.3. The van der Waals surface area contributed by atoms with Gasteiger partial charge in [0.25, 0.3) is 5.56 Å². The summed E-state index contributed by atoms with van der Waals surface area (Å²) < 4.78 is 6.62. The highest BCUT2D eigenvalue weighted by atomic mass is 16.5. The number of benzene rings is 2. The maximum absolute atomic E-state index is 13.7. The largest absolute Gasteiger partial charge is 0.508 e. The first-order chi connectivity index (χ1) is 26.0. The number of H-pyrrole nitrogens is 1. The van der Waals surface area contributed by atoms with E-state index in [1.54, 1.807) is 42.5 Å². The number of aromatic nitrogens is 2. The number of carbonyl (C=O) groups is 5. The lowest BCUT2D eigenvalue weighted by Crippen LogP contribution is -2.61. The van der Waals surface area contributed by atoms with Crippen molar-refractivity contribution in [1.29, 1.82) is 0 Å². The summed E-state index contributed by atoms with van der Waals surface area (Å²) in [5, 5.41) is 39.7. The summed E-state index contributed by atoms with van der Waals surface area (Å²) in [6.45, 7) is 2.77. The van der Waals surface area contributed by atoms with Gasteiger partial charge in [-0.3, -0.25) is 28.7 Å². The first-order valence-corrected chi connectivity index (χ1v) is 17.1. The van der Waals surface area contributed by atoms with Crippen molar-refractivity contribution in [3.63, 3.8) is 0 Å². The minimum atomic E-state index is -1.49. The molecule has 1 aliphatic rings. The van der Waals surface area contributed by atoms with Crippen molar-refractivity contribution in [2.75, 3.05) is 7.05 Å². The third-order valence-corrected chi connectivity index (χ3v) is 8.84. The Kier molecular flexibility index (Phi) is 13.9. The second kappa shape index (κ2) is 18.5. The molecule has 0 saturated carbocycles. The topological polar surface area (TPSA) is 288 Å². The molecule has 19 nitrogen and oxygen atoms in total. The van der Waals surface area contributed by atoms with Gasteiger partial charge < -0.3 is 52.0 Å². The van der Waals surface area contributed by atoms with E-state index in [0.29, 0.717) is 11.1 Å². The minimum absolute atomic E-state index is 0.0191. The number of carboxylic acids is 1. The van der Waals surface area contributed by atoms with Gasteiger partial charge in [-0.25, -0.2) is 14.4 Å². The van der Waals surface area contributed by atoms with Crippen LogP contribution < -0.4 is 38.2 Å². The molecule has 7 atom stereocenters. The molecule has 0 radical (unpaired) electrons. The molecule has 0 spiro atoms. The number of rotatable bonds is 15. The van der Waals surface area contributed by atoms with Crippen LogP contribution in [0.4, 0.5) is 4.79 Å². The van der Waals surface area contributed by atoms with Crippen molar-refractivity contribution in [1.82, 2.24) is 35.7 Å². The molecule has 1 fully saturated rings. The van der Waals surface area contributed by atoms with Crippen molar-refractivity contribution in [3.8, 4) is 5.75 Å². The van der Waals surface area contributed by atoms with Crippen LogP contribution in [0.25, 0.3) is 0 Å². The number of urea groups is 1. The summed E-state index contributed by atoms with van der Waals surface area (Å²) in [4.78, 5) is 92.2. The maximum atomic E-state index is 13.7. The molecule has 1 aliphatic heterocycles. The fraction of sp³-hybridized carbons (Fsp3) is 0.361. The van der Waals surface area contributed by atoms with E-state index in [4.69, 9.17) is 10.5 Å². The van der Waals surface area contributed by atoms with Gasteiger partial charge in [0, 0.05) is 38.4 Å². The number of phenols is 1. The van der Waals surface area contributed by atoms with E-state index < -0.39 is 83.5 Å². The molecule has 55 heavy (non-hydrogen) atoms. The average Bonchev–Trinajstić information content (AvgIpc) is 3.51. The molecule has 19 heteroatoms. The van der Waals surface area contributed by atoms with Crippen LogP contribution in [0.15, 0.2) is 88.4 Å². The number of carboxylic acid groups (broad SMARTS) is 1. The van der Waals surface area contributed by atoms with E-state index in [2.05, 4.69) is 26.3 Å². The van der Waals surface area contributed by atoms with Crippen molar-refractivity contribution < 1.29 is 44.0 Å². The van der Waals surface area contributed by atoms with E-state index >= 15 is 0 Å². The number of aromatic hydroxyl groups is 1. The Bertz CT molecular complexity index is 2020. The molecule has 0 bridgehead atoms. The maximum Gasteiger partial charge on any atom is 0.331 e. The number of carbonyl (C=O) groups excluding carboxylic acids is 4. The fourth-order valence-electron chi connectivity index (χ4n) is 5.70. The Morgan fingerprint density at radius 3 is 2.33 bits per heavy atom. The number of aromatic amines is 1. The summed E-state index contributed by atoms with van der Waals surface area (Å²) >= 11 is 0. The molecule has 3 aromatic rings. The molecule has 4 rings (SSSR count). The lowest BCUT2D eigenvalue weighted by Gasteiger charge is -2.33. The van der Waals surface area contributed by atoms with Crippen molar-refractivity contribution in [2.45, 2.75) is 75.7 Å². The predicted octanol–water partition coefficient (Wildman–Crippen LogP) is -1.24. The molecule has 7 unspecified atom stereocenters. The number of nitrogens with one attached hydrogen (secondary N) is 5. The quantitative estimate of drug-likeness (QED) is 0.0879. The number of ether oxygens (including phenoxy) is 1. The van der Waals surface area contributed by atoms with Crippen LogP contribution in [0.2, 0.25) is 0 Å². The van der Waals surface area contributed by atoms with E-state index in [-0.39, 0.29) is 30.8 Å². The summed E-state index contributed by atoms with van der Waals surface area (Å²) in [5.74, 6) is -3.63. The highest BCUT2D eigenvalue weighted by molar-refractivity contribution is 5.93. The standard InChI is InChI=1S/C36H44N8O11/c1-19(39-35(53)40-26(34(51)52)16-21-8-5-4-6-9-21)30(48)42-29(20(2)43(3)32(50)25(37)15-22-10-7-11-23(45)14-22)31(49)38-18-24-17-27(46)33(55-24)44-13-12-28(47)41-36(44)54/h4-14,18-20,25-27,29,33,45-46H,15-17,37H2,1-3H3,(H,38,49)(H,42,48)(H,51,52)(H2,39,40,53)(H,41,47,54). The average molecular weight is 765 g/mol. The molecule has 10 N–H and O–H groups in total. The van der Waals surface area contributed by atoms with E-state index in [0.717, 1.165) is 27.9 Å². The van der Waals surface area contributed by atoms with Gasteiger partial charge in [0.1, 0.15) is 35.7 Å². The van der Waals surface area contributed by atoms with Crippen LogP contribution in [0.5, 0.6) is 5.75 Å². The molecule has 0 aliphatic carbocycles. The lowest BCUT2D eigenvalue weighted by molar-refractivity contribution is -0.139. The van der Waals surface area contributed by atoms with Gasteiger partial charge in [-0.1, -0.05) is 42.5 Å². The summed E-state index contributed by atoms with van der Waals surface area (Å²) in [6.07, 6.45) is -0.370. The highest BCUT2D eigenvalue weighted by Crippen LogP contribution is 2.29. The number of hydrogen-bond acceptors (Lipinski definition) is 11. The number of likely N-dealkylation sites (N-methyl/N-ethyl adjacent to an activating group) is 1. The molecule has 5 amide bonds. The van der Waals surface area contributed by atoms with Crippen LogP contribution in [0, 0.1) is 0 Å². The summed E-state index contributed by atoms with van der Waals surface area (Å²) in [5.41, 5.74) is 5.95. The Morgan fingerprint density at radius 2 is 1.67 bits per heavy atom. The van der Waals surface area contributed by atoms with Gasteiger partial charge in [0.15, 0.2) is 0 Å². The van der Waals surface area contributed by atoms with Crippen LogP contribution >= 0.6 is 0 Å². The summed E-state index contributed by atoms with van der Waals surface area (Å²) in [6, 6.07) is 8.54. The van der Waals surface area contributed by atoms with Crippen LogP contribution in [0.3, 0.4) is 0 Å². The number of amides is 5. The molecular weight excluding hydrogens is 720 g/mol. The van der Waals surface area contributed by atoms with Crippen molar-refractivity contribution in [2.24, 2.45) is 5.73 Å². The Hall–Kier alpha value is -6.47. The van der Waals surface area contributed by atoms with Crippen molar-refractivity contribution >= 4 is 29.7 Å². The zero-order chi connectivity index (χ0) is 40.4. The van der Waals surface area contributed by atoms with Crippen LogP contribution in [0.1, 0.15) is 37.6 Å². The zero-order valence-electron chi connectivity index (χ0n) is 30.2. The number of phenolic OH excluding ortho intramolecular Hbond substituents is 1. The number of nitrogens with zero attached hydrogens (tertiary/aromatic N) is 2. The molecular formula is C36H44N8O11. The molecule has 1 saturated heterocycles. The van der Waals surface area contributed by atoms with Gasteiger partial charge in [-0.05, 0) is 43.5 Å². The Morgan fingerprint density at radius 1 is 0.982 bits per heavy atom. The second-order valence-electron chi connectivity index (χ2n) is 13.0. The van der Waals surface area contributed by atoms with Crippen LogP contribution in [-0.4, -0.2) is 103 Å². The predicted molar refractivity (Wildman–Crippen MR) is 195 cm³/mol. The number of aliphatic hydroxyl groups is 1. The van der Waals surface area contributed by atoms with Gasteiger partial charge >= 0.3 is 17.7 Å². The minimum Gasteiger partial charge on any atom is -0.508 e. The SMILES string of the molecule is CC(NC(=O)NC(Cc1ccccc1)C(=O)O)C(=O)NC(C(=O)NC=C1CC(O)C(n2ccc(=O)[nH]c2=O)O1)C(C)N(C)C(=O)C(N)Cc1cccc(O)c1. The van der Waals surface area contributed by atoms with E-state index in [9.17, 15) is 48.9 Å². The zero-order valence-corrected chi connectivity index (χ0v) is 30.2. The third kappa shape index (κ3) is 11.3. The Labute approximate surface area is 314 Å². The second-order valence-corrected chi connectivity index (χ2v) is 13.0. The molecule has 294 valence electrons. The first-order valence-electron chi connectivity index (χ1n) is 17.1. The number of hydrogen-bond donors (Lipinski definition) is 9. The normalized spacial score (nSPS) is 18.5. The van der Waals surface area contributed by atoms with Gasteiger partial charge in [-0.15, -0.1) is 0 Å². The smallest absolute Gasteiger partial charge is 0.331 e. The van der Waals surface area contributed by atoms with Gasteiger partial charge in [0.2, 0.25) is 23.9 Å². The molecule has 2 heterocycles. The van der Waals surface area contributed by atoms with Crippen molar-refractivity contribution in [3.05, 3.63) is 111 Å². The van der Waals surface area contributed by atoms with E-state index in [1.807, 2.05) is 0 Å². The molecule has 2 aromatic carbocycles. The van der Waals surface area contributed by atoms with E-state index in [1.165, 1.54) is 33.0 Å².